The number of carbonyl (C=O) groups excluding carboxylic acids is 1. The van der Waals surface area contributed by atoms with E-state index in [1.807, 2.05) is 20.8 Å². The van der Waals surface area contributed by atoms with Crippen LogP contribution in [0.25, 0.3) is 0 Å². The smallest absolute Gasteiger partial charge is 0.408 e. The zero-order valence-electron chi connectivity index (χ0n) is 8.91. The lowest BCUT2D eigenvalue weighted by Crippen LogP contribution is -2.56. The number of rotatable bonds is 1. The molecule has 0 spiro atoms. The fourth-order valence-electron chi connectivity index (χ4n) is 2.19. The molecule has 1 fully saturated rings. The van der Waals surface area contributed by atoms with Crippen LogP contribution in [0.4, 0.5) is 4.79 Å². The first kappa shape index (κ1) is 11.0. The van der Waals surface area contributed by atoms with Gasteiger partial charge in [-0.15, -0.1) is 0 Å². The lowest BCUT2D eigenvalue weighted by atomic mass is 9.73. The first-order chi connectivity index (χ1) is 6.35. The third-order valence-corrected chi connectivity index (χ3v) is 3.15. The first-order valence-electron chi connectivity index (χ1n) is 4.82. The highest BCUT2D eigenvalue weighted by Crippen LogP contribution is 2.42. The largest absolute Gasteiger partial charge is 0.465 e. The predicted octanol–water partition coefficient (Wildman–Crippen LogP) is 1.74. The van der Waals surface area contributed by atoms with Gasteiger partial charge in [-0.1, -0.05) is 20.8 Å². The molecular formula is C10H17NO3. The summed E-state index contributed by atoms with van der Waals surface area (Å²) in [6.45, 7) is 6.18. The molecule has 14 heavy (non-hydrogen) atoms. The molecular weight excluding hydrogens is 182 g/mol. The average molecular weight is 199 g/mol. The second kappa shape index (κ2) is 3.26. The van der Waals surface area contributed by atoms with E-state index in [-0.39, 0.29) is 5.41 Å². The van der Waals surface area contributed by atoms with Crippen molar-refractivity contribution in [2.24, 2.45) is 5.41 Å². The van der Waals surface area contributed by atoms with Crippen molar-refractivity contribution in [3.63, 3.8) is 0 Å². The van der Waals surface area contributed by atoms with Crippen LogP contribution in [0, 0.1) is 5.41 Å². The zero-order chi connectivity index (χ0) is 11.0. The molecule has 1 rings (SSSR count). The van der Waals surface area contributed by atoms with E-state index in [2.05, 4.69) is 0 Å². The summed E-state index contributed by atoms with van der Waals surface area (Å²) in [6, 6.07) is 0. The molecule has 1 amide bonds. The number of nitrogens with zero attached hydrogens (tertiary/aromatic N) is 1. The average Bonchev–Trinajstić information content (AvgIpc) is 2.46. The molecule has 0 unspecified atom stereocenters. The van der Waals surface area contributed by atoms with E-state index in [1.165, 1.54) is 4.90 Å². The van der Waals surface area contributed by atoms with Gasteiger partial charge in [-0.3, -0.25) is 4.90 Å². The number of carboxylic acid groups (broad SMARTS) is 1. The van der Waals surface area contributed by atoms with Gasteiger partial charge in [-0.2, -0.15) is 0 Å². The maximum atomic E-state index is 11.2. The molecule has 4 heteroatoms. The van der Waals surface area contributed by atoms with Crippen molar-refractivity contribution in [1.29, 1.82) is 0 Å². The van der Waals surface area contributed by atoms with Crippen LogP contribution in [0.5, 0.6) is 0 Å². The Morgan fingerprint density at radius 2 is 2.07 bits per heavy atom. The van der Waals surface area contributed by atoms with Crippen LogP contribution in [-0.4, -0.2) is 34.5 Å². The van der Waals surface area contributed by atoms with Crippen molar-refractivity contribution >= 4 is 12.4 Å². The molecule has 1 aliphatic rings. The lowest BCUT2D eigenvalue weighted by Gasteiger charge is -2.42. The first-order valence-corrected chi connectivity index (χ1v) is 4.82. The molecule has 1 heterocycles. The Morgan fingerprint density at radius 3 is 2.36 bits per heavy atom. The van der Waals surface area contributed by atoms with Crippen molar-refractivity contribution < 1.29 is 14.7 Å². The lowest BCUT2D eigenvalue weighted by molar-refractivity contribution is -0.122. The highest BCUT2D eigenvalue weighted by atomic mass is 16.4. The molecule has 0 radical (unpaired) electrons. The molecule has 0 aromatic heterocycles. The van der Waals surface area contributed by atoms with Gasteiger partial charge in [0.1, 0.15) is 11.8 Å². The van der Waals surface area contributed by atoms with Gasteiger partial charge in [0, 0.05) is 6.54 Å². The van der Waals surface area contributed by atoms with E-state index in [0.29, 0.717) is 13.0 Å². The Kier molecular flexibility index (Phi) is 2.56. The van der Waals surface area contributed by atoms with Gasteiger partial charge in [0.05, 0.1) is 0 Å². The molecule has 0 aromatic carbocycles. The van der Waals surface area contributed by atoms with Gasteiger partial charge < -0.3 is 9.90 Å². The summed E-state index contributed by atoms with van der Waals surface area (Å²) in [5.74, 6) is 0. The van der Waals surface area contributed by atoms with Crippen molar-refractivity contribution in [2.45, 2.75) is 39.2 Å². The van der Waals surface area contributed by atoms with Crippen molar-refractivity contribution in [2.75, 3.05) is 6.54 Å². The van der Waals surface area contributed by atoms with Gasteiger partial charge in [0.25, 0.3) is 0 Å². The highest BCUT2D eigenvalue weighted by Gasteiger charge is 2.51. The topological polar surface area (TPSA) is 57.6 Å². The van der Waals surface area contributed by atoms with Crippen LogP contribution in [0.2, 0.25) is 0 Å². The summed E-state index contributed by atoms with van der Waals surface area (Å²) in [5.41, 5.74) is -1.18. The number of carbonyl (C=O) groups is 2. The van der Waals surface area contributed by atoms with E-state index < -0.39 is 11.6 Å². The second-order valence-electron chi connectivity index (χ2n) is 4.83. The summed E-state index contributed by atoms with van der Waals surface area (Å²) in [5, 5.41) is 9.01. The van der Waals surface area contributed by atoms with E-state index in [0.717, 1.165) is 12.7 Å². The molecule has 0 aromatic rings. The minimum absolute atomic E-state index is 0.344. The zero-order valence-corrected chi connectivity index (χ0v) is 8.91. The van der Waals surface area contributed by atoms with Crippen LogP contribution in [0.3, 0.4) is 0 Å². The van der Waals surface area contributed by atoms with Crippen LogP contribution >= 0.6 is 0 Å². The SMILES string of the molecule is CC(C)(C)[C@]1(C=O)CCCN1C(=O)O. The Morgan fingerprint density at radius 1 is 1.50 bits per heavy atom. The fraction of sp³-hybridized carbons (Fsp3) is 0.800. The van der Waals surface area contributed by atoms with Gasteiger partial charge in [-0.25, -0.2) is 4.79 Å². The van der Waals surface area contributed by atoms with Gasteiger partial charge in [0.15, 0.2) is 0 Å². The van der Waals surface area contributed by atoms with Gasteiger partial charge in [-0.05, 0) is 18.3 Å². The fourth-order valence-corrected chi connectivity index (χ4v) is 2.19. The van der Waals surface area contributed by atoms with E-state index >= 15 is 0 Å². The summed E-state index contributed by atoms with van der Waals surface area (Å²) in [7, 11) is 0. The van der Waals surface area contributed by atoms with Gasteiger partial charge in [0.2, 0.25) is 0 Å². The maximum absolute atomic E-state index is 11.2. The summed E-state index contributed by atoms with van der Waals surface area (Å²) in [4.78, 5) is 23.5. The Balaban J connectivity index is 3.10. The molecule has 80 valence electrons. The second-order valence-corrected chi connectivity index (χ2v) is 4.83. The monoisotopic (exact) mass is 199 g/mol. The Labute approximate surface area is 83.9 Å². The molecule has 1 atom stereocenters. The number of likely N-dealkylation sites (tertiary alicyclic amines) is 1. The third kappa shape index (κ3) is 1.38. The van der Waals surface area contributed by atoms with Crippen LogP contribution < -0.4 is 0 Å². The predicted molar refractivity (Wildman–Crippen MR) is 52.2 cm³/mol. The van der Waals surface area contributed by atoms with Gasteiger partial charge >= 0.3 is 6.09 Å². The Hall–Kier alpha value is -1.06. The summed E-state index contributed by atoms with van der Waals surface area (Å²) in [6.07, 6.45) is 1.20. The quantitative estimate of drug-likeness (QED) is 0.654. The van der Waals surface area contributed by atoms with E-state index in [4.69, 9.17) is 5.11 Å². The molecule has 1 N–H and O–H groups in total. The normalized spacial score (nSPS) is 27.8. The van der Waals surface area contributed by atoms with E-state index in [9.17, 15) is 9.59 Å². The highest BCUT2D eigenvalue weighted by molar-refractivity contribution is 5.77. The van der Waals surface area contributed by atoms with E-state index in [1.54, 1.807) is 0 Å². The third-order valence-electron chi connectivity index (χ3n) is 3.15. The summed E-state index contributed by atoms with van der Waals surface area (Å²) < 4.78 is 0. The molecule has 4 nitrogen and oxygen atoms in total. The number of aldehydes is 1. The summed E-state index contributed by atoms with van der Waals surface area (Å²) >= 11 is 0. The van der Waals surface area contributed by atoms with Crippen molar-refractivity contribution in [3.8, 4) is 0 Å². The van der Waals surface area contributed by atoms with Crippen LogP contribution in [-0.2, 0) is 4.79 Å². The molecule has 0 aliphatic carbocycles. The van der Waals surface area contributed by atoms with Crippen molar-refractivity contribution in [1.82, 2.24) is 4.90 Å². The Bertz CT molecular complexity index is 257. The number of hydrogen-bond donors (Lipinski definition) is 1. The number of hydrogen-bond acceptors (Lipinski definition) is 2. The molecule has 0 bridgehead atoms. The van der Waals surface area contributed by atoms with Crippen LogP contribution in [0.1, 0.15) is 33.6 Å². The standard InChI is InChI=1S/C10H17NO3/c1-9(2,3)10(7-12)5-4-6-11(10)8(13)14/h7H,4-6H2,1-3H3,(H,13,14)/t10-/m1/s1. The van der Waals surface area contributed by atoms with Crippen molar-refractivity contribution in [3.05, 3.63) is 0 Å². The molecule has 1 aliphatic heterocycles. The molecule has 0 saturated carbocycles. The number of amides is 1. The minimum Gasteiger partial charge on any atom is -0.465 e. The molecule has 1 saturated heterocycles. The minimum atomic E-state index is -0.996. The maximum Gasteiger partial charge on any atom is 0.408 e. The van der Waals surface area contributed by atoms with Crippen LogP contribution in [0.15, 0.2) is 0 Å².